The van der Waals surface area contributed by atoms with E-state index in [0.717, 1.165) is 16.5 Å². The molecule has 1 amide bonds. The van der Waals surface area contributed by atoms with E-state index in [1.54, 1.807) is 29.2 Å². The molecule has 32 heavy (non-hydrogen) atoms. The van der Waals surface area contributed by atoms with E-state index in [9.17, 15) is 9.59 Å². The largest absolute Gasteiger partial charge is 0.494 e. The van der Waals surface area contributed by atoms with Gasteiger partial charge in [0.1, 0.15) is 5.75 Å². The van der Waals surface area contributed by atoms with Crippen molar-refractivity contribution in [3.05, 3.63) is 105 Å². The van der Waals surface area contributed by atoms with Gasteiger partial charge in [-0.2, -0.15) is 0 Å². The molecule has 0 aliphatic heterocycles. The number of halogens is 1. The van der Waals surface area contributed by atoms with E-state index < -0.39 is 0 Å². The number of nitrogens with one attached hydrogen (secondary N) is 1. The average molecular weight is 447 g/mol. The van der Waals surface area contributed by atoms with E-state index in [2.05, 4.69) is 4.98 Å². The second-order valence-corrected chi connectivity index (χ2v) is 7.98. The molecule has 0 radical (unpaired) electrons. The minimum atomic E-state index is -0.227. The maximum atomic E-state index is 13.4. The summed E-state index contributed by atoms with van der Waals surface area (Å²) in [7, 11) is 0. The third kappa shape index (κ3) is 4.68. The van der Waals surface area contributed by atoms with Gasteiger partial charge in [0.25, 0.3) is 11.5 Å². The van der Waals surface area contributed by atoms with Crippen molar-refractivity contribution in [2.45, 2.75) is 20.4 Å². The van der Waals surface area contributed by atoms with Crippen LogP contribution >= 0.6 is 11.6 Å². The Hall–Kier alpha value is -3.57. The lowest BCUT2D eigenvalue weighted by Gasteiger charge is -2.23. The first-order valence-corrected chi connectivity index (χ1v) is 10.8. The number of benzene rings is 3. The van der Waals surface area contributed by atoms with Gasteiger partial charge in [-0.1, -0.05) is 23.2 Å². The van der Waals surface area contributed by atoms with Gasteiger partial charge in [0.05, 0.1) is 13.2 Å². The number of aromatic nitrogens is 1. The second kappa shape index (κ2) is 9.28. The van der Waals surface area contributed by atoms with Gasteiger partial charge in [-0.25, -0.2) is 0 Å². The van der Waals surface area contributed by atoms with Gasteiger partial charge < -0.3 is 14.6 Å². The number of amides is 1. The van der Waals surface area contributed by atoms with Crippen molar-refractivity contribution >= 4 is 34.1 Å². The zero-order valence-corrected chi connectivity index (χ0v) is 18.6. The topological polar surface area (TPSA) is 62.4 Å². The third-order valence-corrected chi connectivity index (χ3v) is 5.45. The normalized spacial score (nSPS) is 10.8. The zero-order valence-electron chi connectivity index (χ0n) is 17.9. The number of carbonyl (C=O) groups is 1. The number of aryl methyl sites for hydroxylation is 1. The lowest BCUT2D eigenvalue weighted by atomic mass is 10.1. The molecule has 1 N–H and O–H groups in total. The lowest BCUT2D eigenvalue weighted by Crippen LogP contribution is -2.32. The Morgan fingerprint density at radius 3 is 2.41 bits per heavy atom. The number of rotatable bonds is 6. The molecule has 0 aliphatic carbocycles. The average Bonchev–Trinajstić information content (AvgIpc) is 2.79. The molecule has 0 saturated heterocycles. The molecule has 0 fully saturated rings. The van der Waals surface area contributed by atoms with Crippen molar-refractivity contribution in [1.29, 1.82) is 0 Å². The maximum absolute atomic E-state index is 13.4. The second-order valence-electron chi connectivity index (χ2n) is 7.54. The van der Waals surface area contributed by atoms with Crippen molar-refractivity contribution in [3.63, 3.8) is 0 Å². The summed E-state index contributed by atoms with van der Waals surface area (Å²) in [5.41, 5.74) is 3.28. The van der Waals surface area contributed by atoms with Gasteiger partial charge in [-0.15, -0.1) is 0 Å². The third-order valence-electron chi connectivity index (χ3n) is 5.20. The standard InChI is InChI=1S/C26H23ClN2O3/c1-3-32-23-11-9-22(10-12-23)29(26(31)18-5-7-21(27)8-6-18)16-20-15-19-14-17(2)4-13-24(19)28-25(20)30/h4-15H,3,16H2,1-2H3,(H,28,30). The predicted octanol–water partition coefficient (Wildman–Crippen LogP) is 5.74. The number of anilines is 1. The molecule has 3 aromatic carbocycles. The Balaban J connectivity index is 1.75. The van der Waals surface area contributed by atoms with Crippen molar-refractivity contribution < 1.29 is 9.53 Å². The fraction of sp³-hybridized carbons (Fsp3) is 0.154. The molecule has 1 heterocycles. The van der Waals surface area contributed by atoms with E-state index in [1.807, 2.05) is 62.4 Å². The predicted molar refractivity (Wildman–Crippen MR) is 129 cm³/mol. The number of nitrogens with zero attached hydrogens (tertiary/aromatic N) is 1. The van der Waals surface area contributed by atoms with Crippen LogP contribution in [0.3, 0.4) is 0 Å². The van der Waals surface area contributed by atoms with Crippen LogP contribution in [0, 0.1) is 6.92 Å². The Kier molecular flexibility index (Phi) is 6.28. The molecule has 4 rings (SSSR count). The number of hydrogen-bond acceptors (Lipinski definition) is 3. The van der Waals surface area contributed by atoms with E-state index in [-0.39, 0.29) is 18.0 Å². The summed E-state index contributed by atoms with van der Waals surface area (Å²) in [4.78, 5) is 30.7. The summed E-state index contributed by atoms with van der Waals surface area (Å²) in [6.07, 6.45) is 0. The molecule has 5 nitrogen and oxygen atoms in total. The molecule has 162 valence electrons. The fourth-order valence-electron chi connectivity index (χ4n) is 3.58. The maximum Gasteiger partial charge on any atom is 0.258 e. The Labute approximate surface area is 191 Å². The van der Waals surface area contributed by atoms with Gasteiger partial charge in [-0.3, -0.25) is 9.59 Å². The lowest BCUT2D eigenvalue weighted by molar-refractivity contribution is 0.0985. The minimum absolute atomic E-state index is 0.120. The van der Waals surface area contributed by atoms with Crippen molar-refractivity contribution in [2.24, 2.45) is 0 Å². The molecule has 0 saturated carbocycles. The first-order valence-electron chi connectivity index (χ1n) is 10.4. The SMILES string of the molecule is CCOc1ccc(N(Cc2cc3cc(C)ccc3[nH]c2=O)C(=O)c2ccc(Cl)cc2)cc1. The number of hydrogen-bond donors (Lipinski definition) is 1. The molecule has 0 spiro atoms. The van der Waals surface area contributed by atoms with Crippen LogP contribution < -0.4 is 15.2 Å². The van der Waals surface area contributed by atoms with Gasteiger partial charge >= 0.3 is 0 Å². The van der Waals surface area contributed by atoms with Crippen LogP contribution in [0.4, 0.5) is 5.69 Å². The molecule has 0 atom stereocenters. The Morgan fingerprint density at radius 1 is 1.00 bits per heavy atom. The van der Waals surface area contributed by atoms with E-state index in [4.69, 9.17) is 16.3 Å². The number of carbonyl (C=O) groups excluding carboxylic acids is 1. The van der Waals surface area contributed by atoms with Gasteiger partial charge in [0.2, 0.25) is 0 Å². The van der Waals surface area contributed by atoms with Gasteiger partial charge in [0.15, 0.2) is 0 Å². The summed E-state index contributed by atoms with van der Waals surface area (Å²) in [6, 6.07) is 21.7. The zero-order chi connectivity index (χ0) is 22.7. The highest BCUT2D eigenvalue weighted by Crippen LogP contribution is 2.24. The molecule has 0 bridgehead atoms. The quantitative estimate of drug-likeness (QED) is 0.411. The van der Waals surface area contributed by atoms with Crippen molar-refractivity contribution in [1.82, 2.24) is 4.98 Å². The molecule has 4 aromatic rings. The van der Waals surface area contributed by atoms with E-state index >= 15 is 0 Å². The Bertz CT molecular complexity index is 1310. The first kappa shape index (κ1) is 21.7. The highest BCUT2D eigenvalue weighted by molar-refractivity contribution is 6.30. The summed E-state index contributed by atoms with van der Waals surface area (Å²) in [5, 5.41) is 1.47. The molecule has 0 unspecified atom stereocenters. The molecule has 1 aromatic heterocycles. The summed E-state index contributed by atoms with van der Waals surface area (Å²) >= 11 is 5.99. The number of aromatic amines is 1. The molecular formula is C26H23ClN2O3. The summed E-state index contributed by atoms with van der Waals surface area (Å²) in [6.45, 7) is 4.59. The first-order chi connectivity index (χ1) is 15.4. The van der Waals surface area contributed by atoms with Crippen LogP contribution in [0.25, 0.3) is 10.9 Å². The molecule has 0 aliphatic rings. The van der Waals surface area contributed by atoms with Crippen molar-refractivity contribution in [3.8, 4) is 5.75 Å². The number of fused-ring (bicyclic) bond motifs is 1. The fourth-order valence-corrected chi connectivity index (χ4v) is 3.70. The number of H-pyrrole nitrogens is 1. The smallest absolute Gasteiger partial charge is 0.258 e. The number of ether oxygens (including phenoxy) is 1. The minimum Gasteiger partial charge on any atom is -0.494 e. The van der Waals surface area contributed by atoms with Crippen molar-refractivity contribution in [2.75, 3.05) is 11.5 Å². The summed E-state index contributed by atoms with van der Waals surface area (Å²) < 4.78 is 5.52. The number of pyridine rings is 1. The highest BCUT2D eigenvalue weighted by atomic mass is 35.5. The molecule has 6 heteroatoms. The van der Waals surface area contributed by atoms with E-state index in [0.29, 0.717) is 34.2 Å². The van der Waals surface area contributed by atoms with Crippen LogP contribution in [0.5, 0.6) is 5.75 Å². The summed E-state index contributed by atoms with van der Waals surface area (Å²) in [5.74, 6) is 0.490. The van der Waals surface area contributed by atoms with E-state index in [1.165, 1.54) is 0 Å². The van der Waals surface area contributed by atoms with Crippen LogP contribution in [0.15, 0.2) is 77.6 Å². The van der Waals surface area contributed by atoms with Gasteiger partial charge in [0, 0.05) is 27.4 Å². The Morgan fingerprint density at radius 2 is 1.72 bits per heavy atom. The van der Waals surface area contributed by atoms with Gasteiger partial charge in [-0.05, 0) is 86.0 Å². The molecular weight excluding hydrogens is 424 g/mol. The van der Waals surface area contributed by atoms with Crippen LogP contribution in [0.1, 0.15) is 28.4 Å². The monoisotopic (exact) mass is 446 g/mol. The highest BCUT2D eigenvalue weighted by Gasteiger charge is 2.20. The van der Waals surface area contributed by atoms with Crippen LogP contribution in [-0.2, 0) is 6.54 Å². The van der Waals surface area contributed by atoms with Crippen LogP contribution in [-0.4, -0.2) is 17.5 Å². The van der Waals surface area contributed by atoms with Crippen LogP contribution in [0.2, 0.25) is 5.02 Å².